The van der Waals surface area contributed by atoms with E-state index >= 15 is 0 Å². The number of likely N-dealkylation sites (tertiary alicyclic amines) is 1. The van der Waals surface area contributed by atoms with Crippen molar-refractivity contribution in [3.8, 4) is 0 Å². The van der Waals surface area contributed by atoms with Crippen molar-refractivity contribution >= 4 is 11.9 Å². The fourth-order valence-electron chi connectivity index (χ4n) is 3.24. The molecule has 0 aliphatic carbocycles. The molecule has 0 spiro atoms. The summed E-state index contributed by atoms with van der Waals surface area (Å²) in [7, 11) is 1.74. The van der Waals surface area contributed by atoms with Crippen molar-refractivity contribution in [3.05, 3.63) is 17.5 Å². The van der Waals surface area contributed by atoms with Crippen molar-refractivity contribution in [2.45, 2.75) is 39.5 Å². The Balaban J connectivity index is 2.22. The van der Waals surface area contributed by atoms with Gasteiger partial charge in [-0.3, -0.25) is 14.3 Å². The molecule has 1 fully saturated rings. The van der Waals surface area contributed by atoms with Gasteiger partial charge in [-0.25, -0.2) is 0 Å². The summed E-state index contributed by atoms with van der Waals surface area (Å²) in [4.78, 5) is 26.0. The molecule has 1 amide bonds. The minimum Gasteiger partial charge on any atom is -0.481 e. The molecule has 0 aromatic carbocycles. The van der Waals surface area contributed by atoms with Crippen molar-refractivity contribution < 1.29 is 14.7 Å². The van der Waals surface area contributed by atoms with Crippen molar-refractivity contribution in [2.24, 2.45) is 12.5 Å². The number of carbonyl (C=O) groups is 2. The molecule has 2 heterocycles. The van der Waals surface area contributed by atoms with Gasteiger partial charge >= 0.3 is 5.97 Å². The van der Waals surface area contributed by atoms with Crippen LogP contribution < -0.4 is 0 Å². The molecule has 1 aromatic rings. The van der Waals surface area contributed by atoms with Crippen LogP contribution in [-0.2, 0) is 11.8 Å². The standard InChI is InChI=1S/C15H23N3O3/c1-4-6-15(14(20)21)7-5-8-18(10-15)13(19)12-9-11(2)16-17(12)3/h9H,4-8,10H2,1-3H3,(H,20,21). The molecule has 1 aliphatic rings. The van der Waals surface area contributed by atoms with Crippen LogP contribution in [0, 0.1) is 12.3 Å². The lowest BCUT2D eigenvalue weighted by molar-refractivity contribution is -0.152. The van der Waals surface area contributed by atoms with E-state index < -0.39 is 11.4 Å². The Hall–Kier alpha value is -1.85. The molecule has 0 radical (unpaired) electrons. The van der Waals surface area contributed by atoms with E-state index in [4.69, 9.17) is 0 Å². The predicted molar refractivity (Wildman–Crippen MR) is 78.1 cm³/mol. The fraction of sp³-hybridized carbons (Fsp3) is 0.667. The van der Waals surface area contributed by atoms with Crippen LogP contribution in [0.4, 0.5) is 0 Å². The zero-order valence-electron chi connectivity index (χ0n) is 12.9. The number of piperidine rings is 1. The number of carboxylic acid groups (broad SMARTS) is 1. The highest BCUT2D eigenvalue weighted by atomic mass is 16.4. The van der Waals surface area contributed by atoms with Crippen molar-refractivity contribution in [3.63, 3.8) is 0 Å². The normalized spacial score (nSPS) is 22.3. The highest BCUT2D eigenvalue weighted by molar-refractivity contribution is 5.93. The maximum absolute atomic E-state index is 12.6. The second kappa shape index (κ2) is 5.87. The van der Waals surface area contributed by atoms with E-state index in [-0.39, 0.29) is 5.91 Å². The van der Waals surface area contributed by atoms with Crippen molar-refractivity contribution in [1.82, 2.24) is 14.7 Å². The Kier molecular flexibility index (Phi) is 4.34. The minimum absolute atomic E-state index is 0.125. The molecule has 1 aliphatic heterocycles. The van der Waals surface area contributed by atoms with Crippen LogP contribution in [0.15, 0.2) is 6.07 Å². The first kappa shape index (κ1) is 15.5. The average Bonchev–Trinajstić information content (AvgIpc) is 2.77. The molecular weight excluding hydrogens is 270 g/mol. The topological polar surface area (TPSA) is 75.4 Å². The smallest absolute Gasteiger partial charge is 0.311 e. The van der Waals surface area contributed by atoms with Gasteiger partial charge in [-0.1, -0.05) is 13.3 Å². The first-order chi connectivity index (χ1) is 9.89. The van der Waals surface area contributed by atoms with Crippen LogP contribution in [0.2, 0.25) is 0 Å². The molecule has 1 saturated heterocycles. The second-order valence-corrected chi connectivity index (χ2v) is 5.96. The molecule has 6 nitrogen and oxygen atoms in total. The quantitative estimate of drug-likeness (QED) is 0.919. The van der Waals surface area contributed by atoms with E-state index in [9.17, 15) is 14.7 Å². The largest absolute Gasteiger partial charge is 0.481 e. The van der Waals surface area contributed by atoms with Crippen molar-refractivity contribution in [2.75, 3.05) is 13.1 Å². The van der Waals surface area contributed by atoms with E-state index in [1.165, 1.54) is 0 Å². The van der Waals surface area contributed by atoms with Gasteiger partial charge in [-0.05, 0) is 32.3 Å². The van der Waals surface area contributed by atoms with Crippen LogP contribution in [0.3, 0.4) is 0 Å². The molecule has 116 valence electrons. The number of rotatable bonds is 4. The van der Waals surface area contributed by atoms with Gasteiger partial charge in [0.15, 0.2) is 0 Å². The van der Waals surface area contributed by atoms with Gasteiger partial charge in [-0.15, -0.1) is 0 Å². The fourth-order valence-corrected chi connectivity index (χ4v) is 3.24. The summed E-state index contributed by atoms with van der Waals surface area (Å²) >= 11 is 0. The van der Waals surface area contributed by atoms with Gasteiger partial charge in [0.1, 0.15) is 5.69 Å². The van der Waals surface area contributed by atoms with Gasteiger partial charge in [-0.2, -0.15) is 5.10 Å². The van der Waals surface area contributed by atoms with Gasteiger partial charge in [0.2, 0.25) is 0 Å². The summed E-state index contributed by atoms with van der Waals surface area (Å²) in [5.41, 5.74) is 0.511. The SMILES string of the molecule is CCCC1(C(=O)O)CCCN(C(=O)c2cc(C)nn2C)C1. The van der Waals surface area contributed by atoms with Crippen LogP contribution in [0.25, 0.3) is 0 Å². The van der Waals surface area contributed by atoms with Crippen molar-refractivity contribution in [1.29, 1.82) is 0 Å². The maximum atomic E-state index is 12.6. The molecule has 1 unspecified atom stereocenters. The number of amides is 1. The van der Waals surface area contributed by atoms with E-state index in [0.717, 1.165) is 18.5 Å². The molecule has 0 bridgehead atoms. The lowest BCUT2D eigenvalue weighted by Crippen LogP contribution is -2.50. The third-order valence-corrected chi connectivity index (χ3v) is 4.27. The summed E-state index contributed by atoms with van der Waals surface area (Å²) in [5.74, 6) is -0.914. The summed E-state index contributed by atoms with van der Waals surface area (Å²) in [6, 6.07) is 1.75. The molecular formula is C15H23N3O3. The molecule has 21 heavy (non-hydrogen) atoms. The highest BCUT2D eigenvalue weighted by Gasteiger charge is 2.43. The van der Waals surface area contributed by atoms with E-state index in [1.54, 1.807) is 22.7 Å². The number of hydrogen-bond acceptors (Lipinski definition) is 3. The molecule has 0 saturated carbocycles. The molecule has 2 rings (SSSR count). The summed E-state index contributed by atoms with van der Waals surface area (Å²) < 4.78 is 1.56. The van der Waals surface area contributed by atoms with Crippen LogP contribution in [0.5, 0.6) is 0 Å². The number of carboxylic acids is 1. The molecule has 1 aromatic heterocycles. The number of aliphatic carboxylic acids is 1. The van der Waals surface area contributed by atoms with Gasteiger partial charge in [0, 0.05) is 20.1 Å². The Morgan fingerprint density at radius 3 is 2.71 bits per heavy atom. The summed E-state index contributed by atoms with van der Waals surface area (Å²) in [6.07, 6.45) is 2.79. The zero-order valence-corrected chi connectivity index (χ0v) is 12.9. The van der Waals surface area contributed by atoms with E-state index in [2.05, 4.69) is 5.10 Å². The van der Waals surface area contributed by atoms with Crippen LogP contribution in [-0.4, -0.2) is 44.8 Å². The Bertz CT molecular complexity index is 548. The first-order valence-corrected chi connectivity index (χ1v) is 7.43. The Morgan fingerprint density at radius 2 is 2.19 bits per heavy atom. The summed E-state index contributed by atoms with van der Waals surface area (Å²) in [6.45, 7) is 4.72. The maximum Gasteiger partial charge on any atom is 0.311 e. The average molecular weight is 293 g/mol. The lowest BCUT2D eigenvalue weighted by Gasteiger charge is -2.39. The Morgan fingerprint density at radius 1 is 1.48 bits per heavy atom. The van der Waals surface area contributed by atoms with E-state index in [1.807, 2.05) is 13.8 Å². The number of aryl methyl sites for hydroxylation is 2. The number of aromatic nitrogens is 2. The van der Waals surface area contributed by atoms with E-state index in [0.29, 0.717) is 31.6 Å². The minimum atomic E-state index is -0.795. The van der Waals surface area contributed by atoms with Gasteiger partial charge in [0.05, 0.1) is 11.1 Å². The zero-order chi connectivity index (χ0) is 15.6. The number of carbonyl (C=O) groups excluding carboxylic acids is 1. The molecule has 6 heteroatoms. The monoisotopic (exact) mass is 293 g/mol. The number of hydrogen-bond donors (Lipinski definition) is 1. The molecule has 1 atom stereocenters. The van der Waals surface area contributed by atoms with Gasteiger partial charge in [0.25, 0.3) is 5.91 Å². The predicted octanol–water partition coefficient (Wildman–Crippen LogP) is 1.84. The third kappa shape index (κ3) is 2.94. The Labute approximate surface area is 124 Å². The highest BCUT2D eigenvalue weighted by Crippen LogP contribution is 2.35. The molecule has 1 N–H and O–H groups in total. The van der Waals surface area contributed by atoms with Crippen LogP contribution in [0.1, 0.15) is 48.8 Å². The second-order valence-electron chi connectivity index (χ2n) is 5.96. The lowest BCUT2D eigenvalue weighted by atomic mass is 9.76. The van der Waals surface area contributed by atoms with Gasteiger partial charge < -0.3 is 10.0 Å². The summed E-state index contributed by atoms with van der Waals surface area (Å²) in [5, 5.41) is 13.8. The van der Waals surface area contributed by atoms with Crippen LogP contribution >= 0.6 is 0 Å². The number of nitrogens with zero attached hydrogens (tertiary/aromatic N) is 3. The third-order valence-electron chi connectivity index (χ3n) is 4.27. The first-order valence-electron chi connectivity index (χ1n) is 7.43.